The predicted octanol–water partition coefficient (Wildman–Crippen LogP) is 3.80. The fourth-order valence-corrected chi connectivity index (χ4v) is 1.95. The maximum atomic E-state index is 11.7. The topological polar surface area (TPSA) is 41.5 Å². The smallest absolute Gasteiger partial charge is 0.244 e. The Morgan fingerprint density at radius 1 is 1.15 bits per heavy atom. The monoisotopic (exact) mass is 350 g/mol. The van der Waals surface area contributed by atoms with Crippen LogP contribution < -0.4 is 5.43 Å². The Morgan fingerprint density at radius 2 is 1.80 bits per heavy atom. The van der Waals surface area contributed by atoms with Gasteiger partial charge >= 0.3 is 0 Å². The first-order chi connectivity index (χ1) is 9.63. The van der Waals surface area contributed by atoms with Gasteiger partial charge in [-0.1, -0.05) is 51.8 Å². The number of hydrazone groups is 1. The zero-order valence-electron chi connectivity index (χ0n) is 10.5. The molecular formula is C15H12BrClN2O. The molecule has 0 aliphatic heterocycles. The van der Waals surface area contributed by atoms with Crippen molar-refractivity contribution in [2.45, 2.75) is 6.42 Å². The number of halogens is 2. The van der Waals surface area contributed by atoms with Crippen LogP contribution in [-0.4, -0.2) is 12.1 Å². The molecule has 2 aromatic carbocycles. The van der Waals surface area contributed by atoms with Crippen molar-refractivity contribution in [3.8, 4) is 0 Å². The minimum absolute atomic E-state index is 0.155. The van der Waals surface area contributed by atoms with Gasteiger partial charge in [0.2, 0.25) is 5.91 Å². The molecule has 0 aliphatic rings. The van der Waals surface area contributed by atoms with E-state index in [1.54, 1.807) is 18.3 Å². The molecule has 0 saturated heterocycles. The zero-order chi connectivity index (χ0) is 14.4. The lowest BCUT2D eigenvalue weighted by Gasteiger charge is -2.00. The van der Waals surface area contributed by atoms with E-state index in [0.29, 0.717) is 11.4 Å². The number of carbonyl (C=O) groups is 1. The van der Waals surface area contributed by atoms with Gasteiger partial charge in [-0.05, 0) is 35.4 Å². The standard InChI is InChI=1S/C15H12BrClN2O/c16-13-5-1-11(2-6-13)9-15(20)19-18-10-12-3-7-14(17)8-4-12/h1-8,10H,9H2,(H,19,20). The molecule has 2 rings (SSSR count). The number of hydrogen-bond donors (Lipinski definition) is 1. The molecule has 0 unspecified atom stereocenters. The molecule has 0 radical (unpaired) electrons. The van der Waals surface area contributed by atoms with Gasteiger partial charge in [-0.25, -0.2) is 5.43 Å². The summed E-state index contributed by atoms with van der Waals surface area (Å²) in [6, 6.07) is 14.8. The van der Waals surface area contributed by atoms with E-state index in [0.717, 1.165) is 15.6 Å². The van der Waals surface area contributed by atoms with Crippen LogP contribution in [0.15, 0.2) is 58.1 Å². The number of benzene rings is 2. The molecule has 0 atom stereocenters. The molecule has 102 valence electrons. The van der Waals surface area contributed by atoms with Crippen molar-refractivity contribution in [3.05, 3.63) is 69.2 Å². The van der Waals surface area contributed by atoms with Crippen molar-refractivity contribution in [1.29, 1.82) is 0 Å². The third kappa shape index (κ3) is 4.79. The average molecular weight is 352 g/mol. The Morgan fingerprint density at radius 3 is 2.45 bits per heavy atom. The minimum atomic E-state index is -0.155. The highest BCUT2D eigenvalue weighted by Crippen LogP contribution is 2.11. The summed E-state index contributed by atoms with van der Waals surface area (Å²) in [6.07, 6.45) is 1.88. The fraction of sp³-hybridized carbons (Fsp3) is 0.0667. The van der Waals surface area contributed by atoms with E-state index >= 15 is 0 Å². The van der Waals surface area contributed by atoms with Gasteiger partial charge in [0.1, 0.15) is 0 Å². The van der Waals surface area contributed by atoms with Crippen LogP contribution >= 0.6 is 27.5 Å². The lowest BCUT2D eigenvalue weighted by molar-refractivity contribution is -0.120. The first-order valence-electron chi connectivity index (χ1n) is 5.95. The summed E-state index contributed by atoms with van der Waals surface area (Å²) in [7, 11) is 0. The average Bonchev–Trinajstić information content (AvgIpc) is 2.44. The summed E-state index contributed by atoms with van der Waals surface area (Å²) in [5.74, 6) is -0.155. The van der Waals surface area contributed by atoms with Crippen molar-refractivity contribution in [2.75, 3.05) is 0 Å². The van der Waals surface area contributed by atoms with E-state index in [1.807, 2.05) is 36.4 Å². The molecule has 0 spiro atoms. The number of hydrogen-bond acceptors (Lipinski definition) is 2. The highest BCUT2D eigenvalue weighted by Gasteiger charge is 2.01. The molecule has 1 N–H and O–H groups in total. The van der Waals surface area contributed by atoms with E-state index in [1.165, 1.54) is 0 Å². The lowest BCUT2D eigenvalue weighted by atomic mass is 10.1. The maximum absolute atomic E-state index is 11.7. The number of nitrogens with zero attached hydrogens (tertiary/aromatic N) is 1. The molecule has 0 fully saturated rings. The summed E-state index contributed by atoms with van der Waals surface area (Å²) in [4.78, 5) is 11.7. The first-order valence-corrected chi connectivity index (χ1v) is 7.12. The Hall–Kier alpha value is -1.65. The summed E-state index contributed by atoms with van der Waals surface area (Å²) < 4.78 is 0.988. The van der Waals surface area contributed by atoms with E-state index in [-0.39, 0.29) is 5.91 Å². The Bertz CT molecular complexity index is 609. The molecule has 1 amide bonds. The summed E-state index contributed by atoms with van der Waals surface area (Å²) in [5, 5.41) is 4.58. The predicted molar refractivity (Wildman–Crippen MR) is 85.0 cm³/mol. The van der Waals surface area contributed by atoms with Gasteiger partial charge in [0.05, 0.1) is 12.6 Å². The van der Waals surface area contributed by atoms with Crippen LogP contribution in [0.25, 0.3) is 0 Å². The second-order valence-corrected chi connectivity index (χ2v) is 5.50. The van der Waals surface area contributed by atoms with E-state index in [9.17, 15) is 4.79 Å². The van der Waals surface area contributed by atoms with E-state index < -0.39 is 0 Å². The Balaban J connectivity index is 1.85. The first kappa shape index (κ1) is 14.8. The fourth-order valence-electron chi connectivity index (χ4n) is 1.55. The lowest BCUT2D eigenvalue weighted by Crippen LogP contribution is -2.19. The van der Waals surface area contributed by atoms with Gasteiger partial charge in [-0.3, -0.25) is 4.79 Å². The third-order valence-corrected chi connectivity index (χ3v) is 3.33. The van der Waals surface area contributed by atoms with E-state index in [2.05, 4.69) is 26.5 Å². The summed E-state index contributed by atoms with van der Waals surface area (Å²) >= 11 is 9.13. The number of nitrogens with one attached hydrogen (secondary N) is 1. The van der Waals surface area contributed by atoms with Crippen molar-refractivity contribution in [2.24, 2.45) is 5.10 Å². The SMILES string of the molecule is O=C(Cc1ccc(Br)cc1)NN=Cc1ccc(Cl)cc1. The quantitative estimate of drug-likeness (QED) is 0.661. The van der Waals surface area contributed by atoms with Gasteiger partial charge in [0.25, 0.3) is 0 Å². The van der Waals surface area contributed by atoms with Crippen molar-refractivity contribution >= 4 is 39.7 Å². The van der Waals surface area contributed by atoms with Crippen LogP contribution in [-0.2, 0) is 11.2 Å². The Kier molecular flexibility index (Phi) is 5.32. The van der Waals surface area contributed by atoms with Gasteiger partial charge in [0.15, 0.2) is 0 Å². The highest BCUT2D eigenvalue weighted by atomic mass is 79.9. The van der Waals surface area contributed by atoms with Gasteiger partial charge in [0, 0.05) is 9.50 Å². The molecule has 20 heavy (non-hydrogen) atoms. The molecule has 0 aromatic heterocycles. The zero-order valence-corrected chi connectivity index (χ0v) is 12.9. The molecule has 0 aliphatic carbocycles. The number of carbonyl (C=O) groups excluding carboxylic acids is 1. The number of rotatable bonds is 4. The van der Waals surface area contributed by atoms with Crippen LogP contribution in [0, 0.1) is 0 Å². The number of amides is 1. The van der Waals surface area contributed by atoms with Gasteiger partial charge in [-0.15, -0.1) is 0 Å². The molecule has 5 heteroatoms. The van der Waals surface area contributed by atoms with Crippen molar-refractivity contribution in [3.63, 3.8) is 0 Å². The van der Waals surface area contributed by atoms with Crippen molar-refractivity contribution in [1.82, 2.24) is 5.43 Å². The molecule has 0 heterocycles. The van der Waals surface area contributed by atoms with Gasteiger partial charge in [-0.2, -0.15) is 5.10 Å². The van der Waals surface area contributed by atoms with E-state index in [4.69, 9.17) is 11.6 Å². The minimum Gasteiger partial charge on any atom is -0.273 e. The van der Waals surface area contributed by atoms with Crippen LogP contribution in [0.3, 0.4) is 0 Å². The summed E-state index contributed by atoms with van der Waals surface area (Å²) in [5.41, 5.74) is 4.31. The summed E-state index contributed by atoms with van der Waals surface area (Å²) in [6.45, 7) is 0. The van der Waals surface area contributed by atoms with Gasteiger partial charge < -0.3 is 0 Å². The second kappa shape index (κ2) is 7.22. The van der Waals surface area contributed by atoms with Crippen LogP contribution in [0.5, 0.6) is 0 Å². The Labute approximate surface area is 130 Å². The molecule has 0 bridgehead atoms. The highest BCUT2D eigenvalue weighted by molar-refractivity contribution is 9.10. The van der Waals surface area contributed by atoms with Crippen molar-refractivity contribution < 1.29 is 4.79 Å². The molecule has 0 saturated carbocycles. The normalized spacial score (nSPS) is 10.7. The molecular weight excluding hydrogens is 340 g/mol. The second-order valence-electron chi connectivity index (χ2n) is 4.15. The van der Waals surface area contributed by atoms with Crippen LogP contribution in [0.2, 0.25) is 5.02 Å². The molecule has 2 aromatic rings. The largest absolute Gasteiger partial charge is 0.273 e. The maximum Gasteiger partial charge on any atom is 0.244 e. The van der Waals surface area contributed by atoms with Crippen LogP contribution in [0.1, 0.15) is 11.1 Å². The molecule has 3 nitrogen and oxygen atoms in total. The van der Waals surface area contributed by atoms with Crippen LogP contribution in [0.4, 0.5) is 0 Å². The third-order valence-electron chi connectivity index (χ3n) is 2.55.